The lowest BCUT2D eigenvalue weighted by atomic mass is 10.0. The Balaban J connectivity index is 1.59. The quantitative estimate of drug-likeness (QED) is 0.797. The number of hydrogen-bond acceptors (Lipinski definition) is 6. The molecule has 23 heavy (non-hydrogen) atoms. The lowest BCUT2D eigenvalue weighted by molar-refractivity contribution is 0.0982. The predicted molar refractivity (Wildman–Crippen MR) is 92.8 cm³/mol. The minimum atomic E-state index is 0.364. The van der Waals surface area contributed by atoms with Gasteiger partial charge in [0.15, 0.2) is 0 Å². The van der Waals surface area contributed by atoms with E-state index in [0.717, 1.165) is 18.8 Å². The van der Waals surface area contributed by atoms with Gasteiger partial charge in [-0.25, -0.2) is 0 Å². The monoisotopic (exact) mass is 318 g/mol. The number of ether oxygens (including phenoxy) is 1. The van der Waals surface area contributed by atoms with Crippen molar-refractivity contribution in [3.05, 3.63) is 23.1 Å². The standard InChI is InChI=1S/C17H26N4O2/c1-19-9-11-21(12-10-19)14-5-7-20(8-6-14)15-3-4-16(18-22)17(13-15)23-2/h3-4,13-14H,5-12H2,1-2H3. The van der Waals surface area contributed by atoms with Crippen LogP contribution in [0.3, 0.4) is 0 Å². The van der Waals surface area contributed by atoms with Gasteiger partial charge in [-0.15, -0.1) is 4.91 Å². The van der Waals surface area contributed by atoms with Crippen LogP contribution < -0.4 is 9.64 Å². The van der Waals surface area contributed by atoms with Gasteiger partial charge < -0.3 is 14.5 Å². The summed E-state index contributed by atoms with van der Waals surface area (Å²) in [4.78, 5) is 18.2. The molecule has 126 valence electrons. The maximum atomic E-state index is 10.8. The Morgan fingerprint density at radius 2 is 1.78 bits per heavy atom. The summed E-state index contributed by atoms with van der Waals surface area (Å²) in [6.45, 7) is 6.83. The molecule has 0 amide bonds. The van der Waals surface area contributed by atoms with E-state index >= 15 is 0 Å². The van der Waals surface area contributed by atoms with Gasteiger partial charge in [-0.3, -0.25) is 4.90 Å². The molecule has 2 aliphatic heterocycles. The van der Waals surface area contributed by atoms with E-state index < -0.39 is 0 Å². The summed E-state index contributed by atoms with van der Waals surface area (Å²) in [7, 11) is 3.78. The predicted octanol–water partition coefficient (Wildman–Crippen LogP) is 2.31. The van der Waals surface area contributed by atoms with Crippen LogP contribution in [0.4, 0.5) is 11.4 Å². The van der Waals surface area contributed by atoms with E-state index in [1.165, 1.54) is 39.0 Å². The molecule has 0 aromatic heterocycles. The molecule has 0 unspecified atom stereocenters. The van der Waals surface area contributed by atoms with Gasteiger partial charge in [-0.1, -0.05) is 0 Å². The van der Waals surface area contributed by atoms with Crippen molar-refractivity contribution in [2.24, 2.45) is 5.18 Å². The van der Waals surface area contributed by atoms with Gasteiger partial charge in [0.2, 0.25) is 0 Å². The second-order valence-corrected chi connectivity index (χ2v) is 6.50. The van der Waals surface area contributed by atoms with Crippen molar-refractivity contribution in [3.8, 4) is 5.75 Å². The highest BCUT2D eigenvalue weighted by molar-refractivity contribution is 5.62. The van der Waals surface area contributed by atoms with Crippen molar-refractivity contribution in [2.75, 3.05) is 58.3 Å². The van der Waals surface area contributed by atoms with Crippen molar-refractivity contribution in [1.82, 2.24) is 9.80 Å². The third-order valence-electron chi connectivity index (χ3n) is 5.15. The summed E-state index contributed by atoms with van der Waals surface area (Å²) in [5, 5.41) is 3.00. The third-order valence-corrected chi connectivity index (χ3v) is 5.15. The van der Waals surface area contributed by atoms with E-state index in [4.69, 9.17) is 4.74 Å². The lowest BCUT2D eigenvalue weighted by Crippen LogP contribution is -2.52. The van der Waals surface area contributed by atoms with Crippen LogP contribution >= 0.6 is 0 Å². The van der Waals surface area contributed by atoms with Gasteiger partial charge in [0.1, 0.15) is 11.4 Å². The average molecular weight is 318 g/mol. The van der Waals surface area contributed by atoms with Gasteiger partial charge in [-0.2, -0.15) is 0 Å². The maximum Gasteiger partial charge on any atom is 0.150 e. The zero-order chi connectivity index (χ0) is 16.2. The number of rotatable bonds is 4. The van der Waals surface area contributed by atoms with Crippen LogP contribution in [0.5, 0.6) is 5.75 Å². The van der Waals surface area contributed by atoms with Gasteiger partial charge >= 0.3 is 0 Å². The van der Waals surface area contributed by atoms with Crippen molar-refractivity contribution < 1.29 is 4.74 Å². The molecule has 1 aromatic rings. The number of likely N-dealkylation sites (N-methyl/N-ethyl adjacent to an activating group) is 1. The molecule has 2 fully saturated rings. The number of nitroso groups, excluding NO2 is 1. The fourth-order valence-corrected chi connectivity index (χ4v) is 3.61. The number of piperazine rings is 1. The smallest absolute Gasteiger partial charge is 0.150 e. The molecule has 2 saturated heterocycles. The van der Waals surface area contributed by atoms with Crippen molar-refractivity contribution >= 4 is 11.4 Å². The molecule has 0 radical (unpaired) electrons. The van der Waals surface area contributed by atoms with E-state index in [2.05, 4.69) is 26.9 Å². The Bertz CT molecular complexity index is 535. The van der Waals surface area contributed by atoms with Crippen LogP contribution in [0.25, 0.3) is 0 Å². The number of methoxy groups -OCH3 is 1. The van der Waals surface area contributed by atoms with Crippen molar-refractivity contribution in [2.45, 2.75) is 18.9 Å². The second-order valence-electron chi connectivity index (χ2n) is 6.50. The molecule has 0 aliphatic carbocycles. The Hall–Kier alpha value is -1.66. The first kappa shape index (κ1) is 16.2. The Labute approximate surface area is 138 Å². The number of anilines is 1. The highest BCUT2D eigenvalue weighted by atomic mass is 16.5. The van der Waals surface area contributed by atoms with E-state index in [0.29, 0.717) is 17.5 Å². The van der Waals surface area contributed by atoms with E-state index in [1.54, 1.807) is 13.2 Å². The first-order valence-corrected chi connectivity index (χ1v) is 8.40. The number of benzene rings is 1. The highest BCUT2D eigenvalue weighted by Gasteiger charge is 2.27. The molecule has 2 heterocycles. The minimum Gasteiger partial charge on any atom is -0.494 e. The lowest BCUT2D eigenvalue weighted by Gasteiger charge is -2.42. The fraction of sp³-hybridized carbons (Fsp3) is 0.647. The molecule has 6 nitrogen and oxygen atoms in total. The summed E-state index contributed by atoms with van der Waals surface area (Å²) in [6, 6.07) is 6.34. The van der Waals surface area contributed by atoms with Crippen LogP contribution in [0.2, 0.25) is 0 Å². The van der Waals surface area contributed by atoms with Crippen LogP contribution in [-0.4, -0.2) is 69.3 Å². The van der Waals surface area contributed by atoms with Crippen molar-refractivity contribution in [3.63, 3.8) is 0 Å². The average Bonchev–Trinajstić information content (AvgIpc) is 2.62. The SMILES string of the molecule is COc1cc(N2CCC(N3CCN(C)CC3)CC2)ccc1N=O. The number of nitrogens with zero attached hydrogens (tertiary/aromatic N) is 4. The first-order chi connectivity index (χ1) is 11.2. The molecule has 6 heteroatoms. The van der Waals surface area contributed by atoms with Gasteiger partial charge in [0.05, 0.1) is 7.11 Å². The van der Waals surface area contributed by atoms with Crippen LogP contribution in [0, 0.1) is 4.91 Å². The largest absolute Gasteiger partial charge is 0.494 e. The minimum absolute atomic E-state index is 0.364. The Morgan fingerprint density at radius 3 is 2.39 bits per heavy atom. The summed E-state index contributed by atoms with van der Waals surface area (Å²) < 4.78 is 5.26. The van der Waals surface area contributed by atoms with Gasteiger partial charge in [0, 0.05) is 57.1 Å². The molecular weight excluding hydrogens is 292 g/mol. The highest BCUT2D eigenvalue weighted by Crippen LogP contribution is 2.33. The second kappa shape index (κ2) is 7.27. The molecule has 0 bridgehead atoms. The molecule has 2 aliphatic rings. The molecule has 0 spiro atoms. The van der Waals surface area contributed by atoms with E-state index in [9.17, 15) is 4.91 Å². The molecule has 0 N–H and O–H groups in total. The van der Waals surface area contributed by atoms with E-state index in [1.807, 2.05) is 12.1 Å². The van der Waals surface area contributed by atoms with Gasteiger partial charge in [0.25, 0.3) is 0 Å². The Kier molecular flexibility index (Phi) is 5.13. The van der Waals surface area contributed by atoms with Crippen LogP contribution in [0.15, 0.2) is 23.4 Å². The zero-order valence-electron chi connectivity index (χ0n) is 14.1. The molecule has 3 rings (SSSR count). The Morgan fingerprint density at radius 1 is 1.09 bits per heavy atom. The molecule has 1 aromatic carbocycles. The van der Waals surface area contributed by atoms with Crippen LogP contribution in [-0.2, 0) is 0 Å². The van der Waals surface area contributed by atoms with Crippen molar-refractivity contribution in [1.29, 1.82) is 0 Å². The normalized spacial score (nSPS) is 21.4. The van der Waals surface area contributed by atoms with E-state index in [-0.39, 0.29) is 0 Å². The maximum absolute atomic E-state index is 10.8. The van der Waals surface area contributed by atoms with Crippen LogP contribution in [0.1, 0.15) is 12.8 Å². The molecular formula is C17H26N4O2. The topological polar surface area (TPSA) is 48.4 Å². The first-order valence-electron chi connectivity index (χ1n) is 8.40. The zero-order valence-corrected chi connectivity index (χ0v) is 14.1. The summed E-state index contributed by atoms with van der Waals surface area (Å²) >= 11 is 0. The fourth-order valence-electron chi connectivity index (χ4n) is 3.61. The number of piperidine rings is 1. The third kappa shape index (κ3) is 3.64. The summed E-state index contributed by atoms with van der Waals surface area (Å²) in [6.07, 6.45) is 2.39. The van der Waals surface area contributed by atoms with Gasteiger partial charge in [-0.05, 0) is 37.2 Å². The molecule has 0 atom stereocenters. The number of hydrogen-bond donors (Lipinski definition) is 0. The summed E-state index contributed by atoms with van der Waals surface area (Å²) in [5.74, 6) is 0.554. The molecule has 0 saturated carbocycles. The summed E-state index contributed by atoms with van der Waals surface area (Å²) in [5.41, 5.74) is 1.48.